The van der Waals surface area contributed by atoms with Gasteiger partial charge in [-0.15, -0.1) is 11.3 Å². The monoisotopic (exact) mass is 426 g/mol. The summed E-state index contributed by atoms with van der Waals surface area (Å²) in [5, 5.41) is 10.6. The molecule has 0 N–H and O–H groups in total. The van der Waals surface area contributed by atoms with Crippen LogP contribution in [0.5, 0.6) is 0 Å². The van der Waals surface area contributed by atoms with Crippen LogP contribution in [-0.2, 0) is 9.84 Å². The van der Waals surface area contributed by atoms with Crippen molar-refractivity contribution in [3.63, 3.8) is 0 Å². The number of carbonyl (C=O) groups is 1. The number of pyridine rings is 1. The Morgan fingerprint density at radius 1 is 1.25 bits per heavy atom. The first-order valence-electron chi connectivity index (χ1n) is 8.35. The van der Waals surface area contributed by atoms with E-state index in [1.54, 1.807) is 18.3 Å². The zero-order chi connectivity index (χ0) is 20.3. The van der Waals surface area contributed by atoms with Gasteiger partial charge >= 0.3 is 5.76 Å². The molecule has 2 aromatic heterocycles. The number of hydrogen-bond donors (Lipinski definition) is 0. The molecule has 0 atom stereocenters. The van der Waals surface area contributed by atoms with Gasteiger partial charge in [0.2, 0.25) is 9.84 Å². The lowest BCUT2D eigenvalue weighted by Crippen LogP contribution is -2.35. The minimum absolute atomic E-state index is 0.204. The molecule has 0 unspecified atom stereocenters. The number of carbonyl (C=O) groups excluding carboxylic acids is 1. The third-order valence-corrected chi connectivity index (χ3v) is 6.81. The summed E-state index contributed by atoms with van der Waals surface area (Å²) in [7, 11) is -4.85. The first-order chi connectivity index (χ1) is 13.4. The van der Waals surface area contributed by atoms with Crippen LogP contribution in [0.3, 0.4) is 0 Å². The highest BCUT2D eigenvalue weighted by atomic mass is 32.2. The van der Waals surface area contributed by atoms with E-state index in [1.807, 2.05) is 4.90 Å². The van der Waals surface area contributed by atoms with Crippen LogP contribution in [0.25, 0.3) is 0 Å². The highest BCUT2D eigenvalue weighted by molar-refractivity contribution is 7.92. The number of nitriles is 1. The fourth-order valence-electron chi connectivity index (χ4n) is 2.99. The van der Waals surface area contributed by atoms with Crippen LogP contribution in [-0.4, -0.2) is 56.1 Å². The van der Waals surface area contributed by atoms with E-state index in [9.17, 15) is 27.3 Å². The van der Waals surface area contributed by atoms with Gasteiger partial charge in [0.1, 0.15) is 16.8 Å². The zero-order valence-electron chi connectivity index (χ0n) is 14.6. The van der Waals surface area contributed by atoms with Gasteiger partial charge in [-0.05, 0) is 30.0 Å². The van der Waals surface area contributed by atoms with E-state index in [1.165, 1.54) is 10.3 Å². The normalized spacial score (nSPS) is 15.4. The lowest BCUT2D eigenvalue weighted by atomic mass is 10.2. The third-order valence-electron chi connectivity index (χ3n) is 4.35. The number of rotatable bonds is 4. The van der Waals surface area contributed by atoms with Crippen molar-refractivity contribution in [3.8, 4) is 6.07 Å². The van der Waals surface area contributed by atoms with Gasteiger partial charge in [0.05, 0.1) is 10.5 Å². The quantitative estimate of drug-likeness (QED) is 0.745. The smallest absolute Gasteiger partial charge is 0.341 e. The Kier molecular flexibility index (Phi) is 5.90. The van der Waals surface area contributed by atoms with Crippen LogP contribution in [0.15, 0.2) is 34.7 Å². The summed E-state index contributed by atoms with van der Waals surface area (Å²) in [6.07, 6.45) is 2.15. The molecule has 1 amide bonds. The SMILES string of the molecule is N#Cc1cccnc1N1CCCN(C(=O)c2sccc2S(=O)(=O)C(F)F)CC1. The average molecular weight is 426 g/mol. The molecule has 3 heterocycles. The molecule has 1 saturated heterocycles. The van der Waals surface area contributed by atoms with Crippen LogP contribution < -0.4 is 4.90 Å². The standard InChI is InChI=1S/C17H16F2N4O3S2/c18-17(19)28(25,26)13-4-10-27-14(13)16(24)23-7-2-6-22(8-9-23)15-12(11-20)3-1-5-21-15/h1,3-5,10,17H,2,6-9H2. The van der Waals surface area contributed by atoms with Gasteiger partial charge in [0.25, 0.3) is 5.91 Å². The van der Waals surface area contributed by atoms with Crippen molar-refractivity contribution in [1.29, 1.82) is 5.26 Å². The molecule has 3 rings (SSSR count). The number of sulfone groups is 1. The number of alkyl halides is 2. The summed E-state index contributed by atoms with van der Waals surface area (Å²) in [5.74, 6) is -3.64. The van der Waals surface area contributed by atoms with E-state index in [-0.39, 0.29) is 11.4 Å². The molecule has 0 radical (unpaired) electrons. The summed E-state index contributed by atoms with van der Waals surface area (Å²) < 4.78 is 49.4. The van der Waals surface area contributed by atoms with Gasteiger partial charge in [-0.1, -0.05) is 0 Å². The van der Waals surface area contributed by atoms with Gasteiger partial charge in [-0.25, -0.2) is 13.4 Å². The maximum atomic E-state index is 12.9. The van der Waals surface area contributed by atoms with Gasteiger partial charge in [0, 0.05) is 32.4 Å². The molecule has 1 aliphatic rings. The summed E-state index contributed by atoms with van der Waals surface area (Å²) in [5.41, 5.74) is 0.422. The van der Waals surface area contributed by atoms with Gasteiger partial charge < -0.3 is 9.80 Å². The molecule has 7 nitrogen and oxygen atoms in total. The molecule has 2 aromatic rings. The summed E-state index contributed by atoms with van der Waals surface area (Å²) >= 11 is 0.833. The highest BCUT2D eigenvalue weighted by Crippen LogP contribution is 2.28. The number of aromatic nitrogens is 1. The van der Waals surface area contributed by atoms with Gasteiger partial charge in [-0.2, -0.15) is 14.0 Å². The molecule has 1 aliphatic heterocycles. The van der Waals surface area contributed by atoms with E-state index < -0.39 is 26.4 Å². The predicted molar refractivity (Wildman–Crippen MR) is 99.2 cm³/mol. The second kappa shape index (κ2) is 8.20. The average Bonchev–Trinajstić information content (AvgIpc) is 3.06. The van der Waals surface area contributed by atoms with E-state index in [2.05, 4.69) is 11.1 Å². The Labute approximate surface area is 164 Å². The van der Waals surface area contributed by atoms with Crippen LogP contribution >= 0.6 is 11.3 Å². The number of nitrogens with zero attached hydrogens (tertiary/aromatic N) is 4. The van der Waals surface area contributed by atoms with Crippen LogP contribution in [0.1, 0.15) is 21.7 Å². The molecule has 28 heavy (non-hydrogen) atoms. The van der Waals surface area contributed by atoms with Crippen molar-refractivity contribution in [2.75, 3.05) is 31.1 Å². The van der Waals surface area contributed by atoms with E-state index in [4.69, 9.17) is 0 Å². The summed E-state index contributed by atoms with van der Waals surface area (Å²) in [4.78, 5) is 19.6. The molecular formula is C17H16F2N4O3S2. The maximum Gasteiger partial charge on any atom is 0.341 e. The Bertz CT molecular complexity index is 1020. The van der Waals surface area contributed by atoms with Crippen LogP contribution in [0, 0.1) is 11.3 Å². The summed E-state index contributed by atoms with van der Waals surface area (Å²) in [6.45, 7) is 1.55. The van der Waals surface area contributed by atoms with E-state index in [0.29, 0.717) is 37.4 Å². The van der Waals surface area contributed by atoms with Crippen molar-refractivity contribution < 1.29 is 22.0 Å². The molecule has 0 aliphatic carbocycles. The zero-order valence-corrected chi connectivity index (χ0v) is 16.2. The number of amides is 1. The first-order valence-corrected chi connectivity index (χ1v) is 10.8. The fraction of sp³-hybridized carbons (Fsp3) is 0.353. The molecule has 1 fully saturated rings. The number of anilines is 1. The van der Waals surface area contributed by atoms with Crippen molar-refractivity contribution in [3.05, 3.63) is 40.2 Å². The van der Waals surface area contributed by atoms with E-state index in [0.717, 1.165) is 17.4 Å². The second-order valence-electron chi connectivity index (χ2n) is 6.04. The molecular weight excluding hydrogens is 410 g/mol. The number of thiophene rings is 1. The Hall–Kier alpha value is -2.58. The van der Waals surface area contributed by atoms with Crippen LogP contribution in [0.4, 0.5) is 14.6 Å². The molecule has 0 saturated carbocycles. The number of halogens is 2. The molecule has 11 heteroatoms. The Morgan fingerprint density at radius 2 is 2.04 bits per heavy atom. The maximum absolute atomic E-state index is 12.9. The van der Waals surface area contributed by atoms with Gasteiger partial charge in [-0.3, -0.25) is 4.79 Å². The second-order valence-corrected chi connectivity index (χ2v) is 8.84. The Morgan fingerprint density at radius 3 is 2.75 bits per heavy atom. The largest absolute Gasteiger partial charge is 0.354 e. The van der Waals surface area contributed by atoms with Crippen molar-refractivity contribution in [2.45, 2.75) is 17.1 Å². The first kappa shape index (κ1) is 20.2. The lowest BCUT2D eigenvalue weighted by Gasteiger charge is -2.23. The van der Waals surface area contributed by atoms with E-state index >= 15 is 0 Å². The van der Waals surface area contributed by atoms with Crippen molar-refractivity contribution in [2.24, 2.45) is 0 Å². The fourth-order valence-corrected chi connectivity index (χ4v) is 5.11. The van der Waals surface area contributed by atoms with Crippen molar-refractivity contribution >= 4 is 32.9 Å². The molecule has 148 valence electrons. The molecule has 0 bridgehead atoms. The minimum Gasteiger partial charge on any atom is -0.354 e. The molecule has 0 aromatic carbocycles. The number of hydrogen-bond acceptors (Lipinski definition) is 7. The van der Waals surface area contributed by atoms with Crippen molar-refractivity contribution in [1.82, 2.24) is 9.88 Å². The topological polar surface area (TPSA) is 94.4 Å². The lowest BCUT2D eigenvalue weighted by molar-refractivity contribution is 0.0768. The Balaban J connectivity index is 1.80. The highest BCUT2D eigenvalue weighted by Gasteiger charge is 2.34. The third kappa shape index (κ3) is 3.83. The predicted octanol–water partition coefficient (Wildman–Crippen LogP) is 2.36. The van der Waals surface area contributed by atoms with Gasteiger partial charge in [0.15, 0.2) is 0 Å². The summed E-state index contributed by atoms with van der Waals surface area (Å²) in [6, 6.07) is 6.44. The molecule has 0 spiro atoms. The minimum atomic E-state index is -4.85. The van der Waals surface area contributed by atoms with Crippen LogP contribution in [0.2, 0.25) is 0 Å².